The third-order valence-electron chi connectivity index (χ3n) is 3.64. The van der Waals surface area contributed by atoms with Crippen LogP contribution in [0.2, 0.25) is 5.15 Å². The van der Waals surface area contributed by atoms with Crippen LogP contribution in [-0.4, -0.2) is 31.8 Å². The molecule has 1 aliphatic rings. The number of carboxylic acid groups (broad SMARTS) is 1. The summed E-state index contributed by atoms with van der Waals surface area (Å²) < 4.78 is 14.6. The van der Waals surface area contributed by atoms with Gasteiger partial charge in [0.15, 0.2) is 5.65 Å². The molecule has 2 heterocycles. The maximum atomic E-state index is 13.2. The van der Waals surface area contributed by atoms with Crippen molar-refractivity contribution in [2.45, 2.75) is 31.5 Å². The van der Waals surface area contributed by atoms with Gasteiger partial charge in [0.1, 0.15) is 22.4 Å². The topological polar surface area (TPSA) is 68.0 Å². The number of imidazole rings is 1. The second-order valence-corrected chi connectivity index (χ2v) is 5.28. The van der Waals surface area contributed by atoms with Crippen molar-refractivity contribution in [1.29, 1.82) is 0 Å². The fourth-order valence-electron chi connectivity index (χ4n) is 2.57. The second-order valence-electron chi connectivity index (χ2n) is 4.89. The molecule has 100 valence electrons. The molecular weight excluding hydrogens is 273 g/mol. The number of aryl methyl sites for hydroxylation is 1. The van der Waals surface area contributed by atoms with Gasteiger partial charge in [-0.3, -0.25) is 4.57 Å². The zero-order valence-electron chi connectivity index (χ0n) is 10.1. The smallest absolute Gasteiger partial charge is 0.330 e. The summed E-state index contributed by atoms with van der Waals surface area (Å²) in [5, 5.41) is 9.66. The Bertz CT molecular complexity index is 679. The maximum Gasteiger partial charge on any atom is 0.330 e. The van der Waals surface area contributed by atoms with Crippen LogP contribution in [0.15, 0.2) is 12.4 Å². The predicted molar refractivity (Wildman–Crippen MR) is 67.0 cm³/mol. The van der Waals surface area contributed by atoms with Crippen LogP contribution in [0.5, 0.6) is 0 Å². The molecule has 0 unspecified atom stereocenters. The first-order chi connectivity index (χ1) is 8.94. The molecule has 0 spiro atoms. The Hall–Kier alpha value is -1.69. The quantitative estimate of drug-likeness (QED) is 0.859. The monoisotopic (exact) mass is 283 g/mol. The Kier molecular flexibility index (Phi) is 2.53. The van der Waals surface area contributed by atoms with Crippen LogP contribution in [-0.2, 0) is 10.3 Å². The van der Waals surface area contributed by atoms with Crippen molar-refractivity contribution in [3.8, 4) is 0 Å². The lowest BCUT2D eigenvalue weighted by atomic mass is 9.75. The van der Waals surface area contributed by atoms with E-state index >= 15 is 0 Å². The van der Waals surface area contributed by atoms with E-state index in [0.717, 1.165) is 5.56 Å². The number of aliphatic carboxylic acids is 1. The summed E-state index contributed by atoms with van der Waals surface area (Å²) in [7, 11) is 0. The minimum Gasteiger partial charge on any atom is -0.479 e. The van der Waals surface area contributed by atoms with Crippen molar-refractivity contribution in [1.82, 2.24) is 14.5 Å². The molecule has 0 aliphatic heterocycles. The average molecular weight is 284 g/mol. The average Bonchev–Trinajstić information content (AvgIpc) is 2.68. The molecule has 0 radical (unpaired) electrons. The van der Waals surface area contributed by atoms with E-state index in [1.54, 1.807) is 6.07 Å². The molecule has 0 atom stereocenters. The maximum absolute atomic E-state index is 13.2. The molecule has 0 bridgehead atoms. The normalized spacial score (nSPS) is 26.4. The number of carboxylic acids is 1. The molecule has 19 heavy (non-hydrogen) atoms. The number of pyridine rings is 1. The van der Waals surface area contributed by atoms with E-state index in [-0.39, 0.29) is 18.0 Å². The number of fused-ring (bicyclic) bond motifs is 1. The summed E-state index contributed by atoms with van der Waals surface area (Å²) in [5.74, 6) is -1.07. The Morgan fingerprint density at radius 1 is 1.63 bits per heavy atom. The summed E-state index contributed by atoms with van der Waals surface area (Å²) in [6, 6.07) is 1.66. The van der Waals surface area contributed by atoms with Crippen molar-refractivity contribution in [3.05, 3.63) is 23.1 Å². The summed E-state index contributed by atoms with van der Waals surface area (Å²) in [6.07, 6.45) is 0.164. The van der Waals surface area contributed by atoms with Crippen molar-refractivity contribution >= 4 is 28.7 Å². The van der Waals surface area contributed by atoms with E-state index in [0.29, 0.717) is 11.2 Å². The SMILES string of the molecule is Cc1cc(Cl)nc2c1ncn2C1(C(=O)O)CC(F)C1. The molecule has 5 nitrogen and oxygen atoms in total. The third-order valence-corrected chi connectivity index (χ3v) is 3.84. The molecule has 0 aromatic carbocycles. The van der Waals surface area contributed by atoms with Gasteiger partial charge in [-0.25, -0.2) is 19.2 Å². The van der Waals surface area contributed by atoms with Crippen LogP contribution < -0.4 is 0 Å². The molecular formula is C12H11ClFN3O2. The van der Waals surface area contributed by atoms with Gasteiger partial charge < -0.3 is 5.11 Å². The fourth-order valence-corrected chi connectivity index (χ4v) is 2.81. The summed E-state index contributed by atoms with van der Waals surface area (Å²) >= 11 is 5.90. The van der Waals surface area contributed by atoms with Gasteiger partial charge in [-0.2, -0.15) is 0 Å². The molecule has 3 rings (SSSR count). The van der Waals surface area contributed by atoms with Gasteiger partial charge in [0.25, 0.3) is 0 Å². The highest BCUT2D eigenvalue weighted by atomic mass is 35.5. The lowest BCUT2D eigenvalue weighted by Crippen LogP contribution is -2.53. The molecule has 1 aliphatic carbocycles. The van der Waals surface area contributed by atoms with Gasteiger partial charge in [-0.05, 0) is 18.6 Å². The fraction of sp³-hybridized carbons (Fsp3) is 0.417. The Morgan fingerprint density at radius 2 is 2.32 bits per heavy atom. The van der Waals surface area contributed by atoms with Gasteiger partial charge in [0.05, 0.1) is 6.33 Å². The molecule has 0 saturated heterocycles. The summed E-state index contributed by atoms with van der Waals surface area (Å²) in [5.41, 5.74) is 0.496. The highest BCUT2D eigenvalue weighted by Gasteiger charge is 2.53. The van der Waals surface area contributed by atoms with Crippen molar-refractivity contribution in [2.75, 3.05) is 0 Å². The molecule has 1 saturated carbocycles. The van der Waals surface area contributed by atoms with Crippen LogP contribution in [0.1, 0.15) is 18.4 Å². The van der Waals surface area contributed by atoms with Crippen molar-refractivity contribution in [3.63, 3.8) is 0 Å². The largest absolute Gasteiger partial charge is 0.479 e. The highest BCUT2D eigenvalue weighted by molar-refractivity contribution is 6.29. The minimum atomic E-state index is -1.29. The van der Waals surface area contributed by atoms with E-state index < -0.39 is 17.7 Å². The van der Waals surface area contributed by atoms with Gasteiger partial charge in [-0.1, -0.05) is 11.6 Å². The number of nitrogens with zero attached hydrogens (tertiary/aromatic N) is 3. The van der Waals surface area contributed by atoms with Gasteiger partial charge in [-0.15, -0.1) is 0 Å². The standard InChI is InChI=1S/C12H11ClFN3O2/c1-6-2-8(13)16-10-9(6)15-5-17(10)12(11(18)19)3-7(14)4-12/h2,5,7H,3-4H2,1H3,(H,18,19). The third kappa shape index (κ3) is 1.63. The second kappa shape index (κ2) is 3.90. The van der Waals surface area contributed by atoms with E-state index in [1.165, 1.54) is 10.9 Å². The number of carbonyl (C=O) groups is 1. The van der Waals surface area contributed by atoms with Crippen molar-refractivity contribution < 1.29 is 14.3 Å². The number of halogens is 2. The lowest BCUT2D eigenvalue weighted by molar-refractivity contribution is -0.156. The first kappa shape index (κ1) is 12.3. The lowest BCUT2D eigenvalue weighted by Gasteiger charge is -2.41. The number of rotatable bonds is 2. The van der Waals surface area contributed by atoms with Gasteiger partial charge in [0.2, 0.25) is 0 Å². The summed E-state index contributed by atoms with van der Waals surface area (Å²) in [4.78, 5) is 19.8. The number of alkyl halides is 1. The molecule has 2 aromatic rings. The Morgan fingerprint density at radius 3 is 2.89 bits per heavy atom. The number of hydrogen-bond acceptors (Lipinski definition) is 3. The van der Waals surface area contributed by atoms with E-state index in [1.807, 2.05) is 6.92 Å². The van der Waals surface area contributed by atoms with E-state index in [9.17, 15) is 14.3 Å². The van der Waals surface area contributed by atoms with Gasteiger partial charge in [0, 0.05) is 12.8 Å². The minimum absolute atomic E-state index is 0.0684. The molecule has 1 N–H and O–H groups in total. The zero-order chi connectivity index (χ0) is 13.8. The Balaban J connectivity index is 2.23. The predicted octanol–water partition coefficient (Wildman–Crippen LogP) is 2.30. The number of aromatic nitrogens is 3. The van der Waals surface area contributed by atoms with Crippen LogP contribution in [0.4, 0.5) is 4.39 Å². The van der Waals surface area contributed by atoms with Crippen LogP contribution in [0, 0.1) is 6.92 Å². The molecule has 2 aromatic heterocycles. The number of hydrogen-bond donors (Lipinski definition) is 1. The molecule has 7 heteroatoms. The highest BCUT2D eigenvalue weighted by Crippen LogP contribution is 2.43. The molecule has 1 fully saturated rings. The van der Waals surface area contributed by atoms with Gasteiger partial charge >= 0.3 is 5.97 Å². The summed E-state index contributed by atoms with van der Waals surface area (Å²) in [6.45, 7) is 1.82. The first-order valence-corrected chi connectivity index (χ1v) is 6.20. The van der Waals surface area contributed by atoms with Crippen LogP contribution in [0.25, 0.3) is 11.2 Å². The van der Waals surface area contributed by atoms with E-state index in [2.05, 4.69) is 9.97 Å². The van der Waals surface area contributed by atoms with Crippen LogP contribution >= 0.6 is 11.6 Å². The van der Waals surface area contributed by atoms with Crippen LogP contribution in [0.3, 0.4) is 0 Å². The zero-order valence-corrected chi connectivity index (χ0v) is 10.9. The first-order valence-electron chi connectivity index (χ1n) is 5.82. The van der Waals surface area contributed by atoms with E-state index in [4.69, 9.17) is 11.6 Å². The Labute approximate surface area is 113 Å². The van der Waals surface area contributed by atoms with Crippen molar-refractivity contribution in [2.24, 2.45) is 0 Å². The molecule has 0 amide bonds.